The van der Waals surface area contributed by atoms with E-state index < -0.39 is 0 Å². The molecule has 2 aromatic rings. The molecule has 15 heavy (non-hydrogen) atoms. The third kappa shape index (κ3) is 2.27. The molecule has 2 heterocycles. The molecule has 0 aliphatic carbocycles. The fourth-order valence-electron chi connectivity index (χ4n) is 0.998. The zero-order valence-corrected chi connectivity index (χ0v) is 9.79. The fraction of sp³-hybridized carbons (Fsp3) is 0.375. The topological polar surface area (TPSA) is 52.8 Å². The summed E-state index contributed by atoms with van der Waals surface area (Å²) >= 11 is 6.76. The van der Waals surface area contributed by atoms with Crippen molar-refractivity contribution in [3.05, 3.63) is 17.5 Å². The number of nitrogens with zero attached hydrogens (tertiary/aromatic N) is 4. The molecule has 0 saturated carbocycles. The van der Waals surface area contributed by atoms with Crippen LogP contribution in [0.1, 0.15) is 19.9 Å². The molecule has 0 aliphatic heterocycles. The monoisotopic (exact) mass is 244 g/mol. The zero-order chi connectivity index (χ0) is 10.8. The van der Waals surface area contributed by atoms with Crippen molar-refractivity contribution in [3.8, 4) is 11.6 Å². The highest BCUT2D eigenvalue weighted by Gasteiger charge is 2.09. The predicted octanol–water partition coefficient (Wildman–Crippen LogP) is 2.76. The SMILES string of the molecule is CC(C)n1cc(Oc2nsnc2Cl)cn1. The minimum absolute atomic E-state index is 0.275. The molecular weight excluding hydrogens is 236 g/mol. The van der Waals surface area contributed by atoms with Crippen LogP contribution in [0.3, 0.4) is 0 Å². The van der Waals surface area contributed by atoms with Crippen LogP contribution in [-0.4, -0.2) is 18.5 Å². The summed E-state index contributed by atoms with van der Waals surface area (Å²) in [4.78, 5) is 0. The first-order valence-corrected chi connectivity index (χ1v) is 5.47. The van der Waals surface area contributed by atoms with E-state index in [1.807, 2.05) is 13.8 Å². The van der Waals surface area contributed by atoms with Crippen molar-refractivity contribution in [3.63, 3.8) is 0 Å². The summed E-state index contributed by atoms with van der Waals surface area (Å²) in [5, 5.41) is 4.40. The first kappa shape index (κ1) is 10.4. The Balaban J connectivity index is 2.15. The van der Waals surface area contributed by atoms with E-state index >= 15 is 0 Å². The molecular formula is C8H9ClN4OS. The fourth-order valence-corrected chi connectivity index (χ4v) is 1.61. The summed E-state index contributed by atoms with van der Waals surface area (Å²) in [6, 6.07) is 0.298. The Hall–Kier alpha value is -1.14. The van der Waals surface area contributed by atoms with Gasteiger partial charge in [0.2, 0.25) is 5.15 Å². The molecule has 0 amide bonds. The van der Waals surface area contributed by atoms with Gasteiger partial charge in [0, 0.05) is 6.04 Å². The van der Waals surface area contributed by atoms with E-state index in [4.69, 9.17) is 16.3 Å². The quantitative estimate of drug-likeness (QED) is 0.833. The van der Waals surface area contributed by atoms with Crippen molar-refractivity contribution in [1.82, 2.24) is 18.5 Å². The lowest BCUT2D eigenvalue weighted by atomic mass is 10.4. The molecule has 0 bridgehead atoms. The maximum absolute atomic E-state index is 5.74. The third-order valence-electron chi connectivity index (χ3n) is 1.74. The predicted molar refractivity (Wildman–Crippen MR) is 57.6 cm³/mol. The number of halogens is 1. The summed E-state index contributed by atoms with van der Waals surface area (Å²) in [5.74, 6) is 0.934. The minimum Gasteiger partial charge on any atom is -0.432 e. The van der Waals surface area contributed by atoms with Crippen LogP contribution in [0.15, 0.2) is 12.4 Å². The van der Waals surface area contributed by atoms with Crippen LogP contribution >= 0.6 is 23.3 Å². The Kier molecular flexibility index (Phi) is 2.88. The highest BCUT2D eigenvalue weighted by molar-refractivity contribution is 6.99. The molecule has 0 spiro atoms. The van der Waals surface area contributed by atoms with Crippen molar-refractivity contribution < 1.29 is 4.74 Å². The number of hydrogen-bond donors (Lipinski definition) is 0. The molecule has 7 heteroatoms. The number of hydrogen-bond acceptors (Lipinski definition) is 5. The largest absolute Gasteiger partial charge is 0.432 e. The van der Waals surface area contributed by atoms with Gasteiger partial charge in [0.25, 0.3) is 5.88 Å². The lowest BCUT2D eigenvalue weighted by Crippen LogP contribution is -1.99. The standard InChI is InChI=1S/C8H9ClN4OS/c1-5(2)13-4-6(3-10-13)14-8-7(9)11-15-12-8/h3-5H,1-2H3. The molecule has 0 aromatic carbocycles. The molecule has 0 saturated heterocycles. The van der Waals surface area contributed by atoms with Crippen LogP contribution in [0.2, 0.25) is 5.15 Å². The molecule has 0 N–H and O–H groups in total. The second-order valence-electron chi connectivity index (χ2n) is 3.21. The molecule has 0 radical (unpaired) electrons. The van der Waals surface area contributed by atoms with Crippen LogP contribution in [0.4, 0.5) is 0 Å². The molecule has 5 nitrogen and oxygen atoms in total. The van der Waals surface area contributed by atoms with Gasteiger partial charge in [-0.2, -0.15) is 9.47 Å². The van der Waals surface area contributed by atoms with E-state index in [1.54, 1.807) is 17.1 Å². The van der Waals surface area contributed by atoms with Crippen LogP contribution in [0, 0.1) is 0 Å². The van der Waals surface area contributed by atoms with Gasteiger partial charge in [0.15, 0.2) is 5.75 Å². The van der Waals surface area contributed by atoms with Gasteiger partial charge < -0.3 is 4.74 Å². The highest BCUT2D eigenvalue weighted by Crippen LogP contribution is 2.26. The van der Waals surface area contributed by atoms with E-state index in [0.29, 0.717) is 17.7 Å². The first-order valence-electron chi connectivity index (χ1n) is 4.37. The van der Waals surface area contributed by atoms with Gasteiger partial charge in [-0.05, 0) is 13.8 Å². The van der Waals surface area contributed by atoms with Gasteiger partial charge in [-0.15, -0.1) is 4.37 Å². The highest BCUT2D eigenvalue weighted by atomic mass is 35.5. The number of ether oxygens (including phenoxy) is 1. The Morgan fingerprint density at radius 2 is 2.27 bits per heavy atom. The van der Waals surface area contributed by atoms with Crippen molar-refractivity contribution in [1.29, 1.82) is 0 Å². The van der Waals surface area contributed by atoms with Gasteiger partial charge >= 0.3 is 0 Å². The molecule has 0 fully saturated rings. The van der Waals surface area contributed by atoms with Crippen LogP contribution < -0.4 is 4.74 Å². The summed E-state index contributed by atoms with van der Waals surface area (Å²) in [7, 11) is 0. The van der Waals surface area contributed by atoms with Crippen molar-refractivity contribution in [2.45, 2.75) is 19.9 Å². The van der Waals surface area contributed by atoms with Crippen LogP contribution in [0.25, 0.3) is 0 Å². The van der Waals surface area contributed by atoms with Gasteiger partial charge in [-0.25, -0.2) is 0 Å². The van der Waals surface area contributed by atoms with Gasteiger partial charge in [0.05, 0.1) is 24.1 Å². The van der Waals surface area contributed by atoms with E-state index in [0.717, 1.165) is 11.7 Å². The van der Waals surface area contributed by atoms with Gasteiger partial charge in [0.1, 0.15) is 0 Å². The molecule has 0 unspecified atom stereocenters. The minimum atomic E-state index is 0.275. The lowest BCUT2D eigenvalue weighted by Gasteiger charge is -2.02. The van der Waals surface area contributed by atoms with E-state index in [2.05, 4.69) is 13.8 Å². The molecule has 0 atom stereocenters. The van der Waals surface area contributed by atoms with Gasteiger partial charge in [-0.1, -0.05) is 11.6 Å². The Labute approximate surface area is 96.0 Å². The van der Waals surface area contributed by atoms with Crippen LogP contribution in [-0.2, 0) is 0 Å². The van der Waals surface area contributed by atoms with Gasteiger partial charge in [-0.3, -0.25) is 4.68 Å². The van der Waals surface area contributed by atoms with Crippen molar-refractivity contribution in [2.75, 3.05) is 0 Å². The zero-order valence-electron chi connectivity index (χ0n) is 8.22. The number of rotatable bonds is 3. The second kappa shape index (κ2) is 4.16. The van der Waals surface area contributed by atoms with Crippen molar-refractivity contribution >= 4 is 23.3 Å². The average Bonchev–Trinajstić information content (AvgIpc) is 2.77. The Bertz CT molecular complexity index is 453. The average molecular weight is 245 g/mol. The lowest BCUT2D eigenvalue weighted by molar-refractivity contribution is 0.464. The summed E-state index contributed by atoms with van der Waals surface area (Å²) in [5.41, 5.74) is 0. The second-order valence-corrected chi connectivity index (χ2v) is 4.10. The summed E-state index contributed by atoms with van der Waals surface area (Å²) in [6.45, 7) is 4.07. The summed E-state index contributed by atoms with van der Waals surface area (Å²) < 4.78 is 14.9. The first-order chi connectivity index (χ1) is 7.16. The Morgan fingerprint density at radius 3 is 2.80 bits per heavy atom. The summed E-state index contributed by atoms with van der Waals surface area (Å²) in [6.07, 6.45) is 3.41. The normalized spacial score (nSPS) is 10.9. The number of aromatic nitrogens is 4. The molecule has 0 aliphatic rings. The van der Waals surface area contributed by atoms with E-state index in [-0.39, 0.29) is 5.15 Å². The smallest absolute Gasteiger partial charge is 0.271 e. The van der Waals surface area contributed by atoms with Crippen LogP contribution in [0.5, 0.6) is 11.6 Å². The molecule has 2 aromatic heterocycles. The maximum atomic E-state index is 5.74. The Morgan fingerprint density at radius 1 is 1.47 bits per heavy atom. The maximum Gasteiger partial charge on any atom is 0.271 e. The van der Waals surface area contributed by atoms with E-state index in [9.17, 15) is 0 Å². The molecule has 80 valence electrons. The third-order valence-corrected chi connectivity index (χ3v) is 2.60. The van der Waals surface area contributed by atoms with E-state index in [1.165, 1.54) is 0 Å². The van der Waals surface area contributed by atoms with Crippen molar-refractivity contribution in [2.24, 2.45) is 0 Å². The molecule has 2 rings (SSSR count).